The van der Waals surface area contributed by atoms with Crippen LogP contribution in [0.3, 0.4) is 0 Å². The molecule has 4 aliphatic heterocycles. The molecule has 3 saturated heterocycles. The molecule has 23 heteroatoms. The summed E-state index contributed by atoms with van der Waals surface area (Å²) in [4.78, 5) is 61.0. The van der Waals surface area contributed by atoms with Crippen molar-refractivity contribution in [3.8, 4) is 0 Å². The second kappa shape index (κ2) is 27.4. The minimum atomic E-state index is -2.01. The first-order valence-corrected chi connectivity index (χ1v) is 28.9. The quantitative estimate of drug-likeness (QED) is 0.0485. The first-order valence-electron chi connectivity index (χ1n) is 28.9. The number of carbonyl (C=O) groups excluding carboxylic acids is 2. The van der Waals surface area contributed by atoms with Crippen molar-refractivity contribution in [2.24, 2.45) is 28.8 Å². The topological polar surface area (TPSA) is 294 Å². The number of carboxylic acid groups (broad SMARTS) is 1. The molecule has 0 aliphatic carbocycles. The predicted molar refractivity (Wildman–Crippen MR) is 301 cm³/mol. The lowest BCUT2D eigenvalue weighted by atomic mass is 9.73. The number of carboxylic acids is 1. The number of aryl methyl sites for hydroxylation is 1. The summed E-state index contributed by atoms with van der Waals surface area (Å²) in [5.41, 5.74) is -4.17. The summed E-state index contributed by atoms with van der Waals surface area (Å²) in [5.74, 6) is -6.23. The highest BCUT2D eigenvalue weighted by Gasteiger charge is 2.54. The van der Waals surface area contributed by atoms with Gasteiger partial charge in [-0.3, -0.25) is 14.4 Å². The molecule has 18 atom stereocenters. The summed E-state index contributed by atoms with van der Waals surface area (Å²) in [6.45, 7) is 21.4. The van der Waals surface area contributed by atoms with Crippen LogP contribution in [0.2, 0.25) is 0 Å². The van der Waals surface area contributed by atoms with Crippen LogP contribution in [-0.4, -0.2) is 191 Å². The molecule has 0 amide bonds. The second-order valence-electron chi connectivity index (χ2n) is 24.6. The van der Waals surface area contributed by atoms with E-state index in [0.29, 0.717) is 36.7 Å². The molecule has 2 aromatic rings. The van der Waals surface area contributed by atoms with Gasteiger partial charge in [-0.25, -0.2) is 4.79 Å². The number of nitrogens with zero attached hydrogens (tertiary/aromatic N) is 3. The summed E-state index contributed by atoms with van der Waals surface area (Å²) in [7, 11) is 6.61. The van der Waals surface area contributed by atoms with Gasteiger partial charge in [0.2, 0.25) is 12.2 Å². The fourth-order valence-corrected chi connectivity index (χ4v) is 12.7. The van der Waals surface area contributed by atoms with Gasteiger partial charge in [-0.1, -0.05) is 38.9 Å². The third-order valence-electron chi connectivity index (χ3n) is 17.4. The number of aliphatic hydroxyl groups is 4. The van der Waals surface area contributed by atoms with E-state index in [9.17, 15) is 44.7 Å². The van der Waals surface area contributed by atoms with Crippen LogP contribution in [0.25, 0.3) is 10.9 Å². The average Bonchev–Trinajstić information content (AvgIpc) is 3.49. The zero-order valence-corrected chi connectivity index (χ0v) is 51.0. The first-order chi connectivity index (χ1) is 38.3. The Hall–Kier alpha value is -4.21. The summed E-state index contributed by atoms with van der Waals surface area (Å²) >= 11 is 0. The molecule has 1 aromatic heterocycles. The number of nitrogens with one attached hydrogen (secondary N) is 1. The standard InChI is InChI=1S/C59H94N4O19/c1-17-42-59(12,72)50(67)33(4)45(61-76-30-73-15)31(2)26-57(10,71)51(82-55-48(66)41(62(13)14)23-32(3)77-55)34(5)49(35(6)54(70)79-42)81-44-27-58(11,74-16)52(36(7)78-44)80-43(64)20-22-60-21-18-19-37-24-38-29-75-56(8,9)63-28-40(53(68)69)47(65)39(25-37)46(38)63/h24-25,28,31-36,41-42,44,48-52,55,60,66-67,71-72H,17-23,26-27,29-30H2,1-16H3,(H,68,69)/t31-,32-,33+,34+,35-,36+,41+,42-,44+,48-,49+,50-,51-,52+,55+,57-,58-,59-/m1/s1. The maximum Gasteiger partial charge on any atom is 0.341 e. The summed E-state index contributed by atoms with van der Waals surface area (Å²) < 4.78 is 57.8. The number of aliphatic hydroxyl groups excluding tert-OH is 2. The number of aromatic carboxylic acids is 1. The average molecular weight is 1160 g/mol. The van der Waals surface area contributed by atoms with Gasteiger partial charge in [0.05, 0.1) is 66.3 Å². The summed E-state index contributed by atoms with van der Waals surface area (Å²) in [5, 5.41) is 66.6. The zero-order chi connectivity index (χ0) is 61.0. The van der Waals surface area contributed by atoms with Crippen molar-refractivity contribution < 1.29 is 87.4 Å². The number of esters is 2. The minimum Gasteiger partial charge on any atom is -0.477 e. The molecule has 82 heavy (non-hydrogen) atoms. The van der Waals surface area contributed by atoms with Gasteiger partial charge in [-0.05, 0) is 120 Å². The molecular weight excluding hydrogens is 1070 g/mol. The van der Waals surface area contributed by atoms with Crippen LogP contribution in [0.4, 0.5) is 0 Å². The van der Waals surface area contributed by atoms with E-state index in [1.54, 1.807) is 66.0 Å². The first kappa shape index (κ1) is 66.9. The molecule has 0 unspecified atom stereocenters. The van der Waals surface area contributed by atoms with Crippen LogP contribution >= 0.6 is 0 Å². The Morgan fingerprint density at radius 3 is 2.26 bits per heavy atom. The molecule has 3 fully saturated rings. The van der Waals surface area contributed by atoms with Gasteiger partial charge in [-0.2, -0.15) is 0 Å². The lowest BCUT2D eigenvalue weighted by molar-refractivity contribution is -0.318. The van der Waals surface area contributed by atoms with Crippen molar-refractivity contribution in [1.29, 1.82) is 0 Å². The maximum atomic E-state index is 14.7. The Morgan fingerprint density at radius 2 is 1.62 bits per heavy atom. The Bertz CT molecular complexity index is 2610. The number of cyclic esters (lactones) is 1. The number of rotatable bonds is 19. The van der Waals surface area contributed by atoms with E-state index in [4.69, 9.17) is 47.5 Å². The van der Waals surface area contributed by atoms with Gasteiger partial charge in [-0.15, -0.1) is 0 Å². The van der Waals surface area contributed by atoms with Crippen LogP contribution < -0.4 is 10.7 Å². The molecule has 23 nitrogen and oxygen atoms in total. The van der Waals surface area contributed by atoms with E-state index >= 15 is 0 Å². The van der Waals surface area contributed by atoms with Crippen molar-refractivity contribution in [3.63, 3.8) is 0 Å². The van der Waals surface area contributed by atoms with Gasteiger partial charge in [0.15, 0.2) is 18.7 Å². The highest BCUT2D eigenvalue weighted by Crippen LogP contribution is 2.42. The molecule has 464 valence electrons. The van der Waals surface area contributed by atoms with Crippen molar-refractivity contribution in [2.75, 3.05) is 48.2 Å². The van der Waals surface area contributed by atoms with Crippen molar-refractivity contribution >= 4 is 34.5 Å². The van der Waals surface area contributed by atoms with E-state index in [1.165, 1.54) is 27.3 Å². The SMILES string of the molecule is CC[C@H]1OC(=O)[C@H](C)[C@@H](O[C@H]2C[C@@](C)(OC)[C@@H](OC(=O)CCNCCCc3cc4c5c(c3)c(=O)c(C(=O)O)cn5C(C)(C)OC4)[C@H](C)O2)[C@H](C)[C@@H](O[C@@H]2O[C@H](C)C[C@H](N(C)C)[C@H]2O)[C@](C)(O)C[C@@H](C)C(=NOCOC)[C@H](C)[C@@H](O)[C@]1(C)O. The Labute approximate surface area is 482 Å². The van der Waals surface area contributed by atoms with Crippen LogP contribution in [0.5, 0.6) is 0 Å². The van der Waals surface area contributed by atoms with E-state index in [2.05, 4.69) is 10.5 Å². The van der Waals surface area contributed by atoms with E-state index in [-0.39, 0.29) is 69.0 Å². The Balaban J connectivity index is 1.20. The highest BCUT2D eigenvalue weighted by molar-refractivity contribution is 5.94. The van der Waals surface area contributed by atoms with Crippen molar-refractivity contribution in [1.82, 2.24) is 14.8 Å². The normalized spacial score (nSPS) is 37.1. The van der Waals surface area contributed by atoms with Gasteiger partial charge in [0, 0.05) is 68.1 Å². The van der Waals surface area contributed by atoms with Gasteiger partial charge in [0.1, 0.15) is 34.7 Å². The van der Waals surface area contributed by atoms with Gasteiger partial charge >= 0.3 is 17.9 Å². The third kappa shape index (κ3) is 14.9. The Morgan fingerprint density at radius 1 is 0.927 bits per heavy atom. The largest absolute Gasteiger partial charge is 0.477 e. The number of ether oxygens (including phenoxy) is 9. The molecule has 0 radical (unpaired) electrons. The van der Waals surface area contributed by atoms with Gasteiger partial charge < -0.3 is 87.8 Å². The molecule has 5 heterocycles. The number of methoxy groups -OCH3 is 2. The number of oxime groups is 1. The molecule has 0 spiro atoms. The van der Waals surface area contributed by atoms with Crippen LogP contribution in [0, 0.1) is 23.7 Å². The summed E-state index contributed by atoms with van der Waals surface area (Å²) in [6.07, 6.45) is -7.70. The van der Waals surface area contributed by atoms with E-state index < -0.39 is 125 Å². The number of hydrogen-bond acceptors (Lipinski definition) is 21. The monoisotopic (exact) mass is 1160 g/mol. The number of pyridine rings is 1. The smallest absolute Gasteiger partial charge is 0.341 e. The van der Waals surface area contributed by atoms with E-state index in [0.717, 1.165) is 11.1 Å². The van der Waals surface area contributed by atoms with Gasteiger partial charge in [0.25, 0.3) is 0 Å². The molecule has 0 bridgehead atoms. The number of benzene rings is 1. The third-order valence-corrected chi connectivity index (χ3v) is 17.4. The number of aromatic nitrogens is 1. The second-order valence-corrected chi connectivity index (χ2v) is 24.6. The molecule has 6 rings (SSSR count). The molecule has 0 saturated carbocycles. The van der Waals surface area contributed by atoms with E-state index in [1.807, 2.05) is 45.8 Å². The maximum absolute atomic E-state index is 14.7. The lowest BCUT2D eigenvalue weighted by Crippen LogP contribution is -2.61. The molecule has 4 aliphatic rings. The minimum absolute atomic E-state index is 0.00393. The Kier molecular flexibility index (Phi) is 22.4. The molecular formula is C59H94N4O19. The summed E-state index contributed by atoms with van der Waals surface area (Å²) in [6, 6.07) is 3.36. The number of carbonyl (C=O) groups is 3. The van der Waals surface area contributed by atoms with Crippen molar-refractivity contribution in [2.45, 2.75) is 225 Å². The fourth-order valence-electron chi connectivity index (χ4n) is 12.7. The molecule has 6 N–H and O–H groups in total. The van der Waals surface area contributed by atoms with Crippen molar-refractivity contribution in [3.05, 3.63) is 45.2 Å². The van der Waals surface area contributed by atoms with Crippen LogP contribution in [0.1, 0.15) is 143 Å². The number of hydrogen-bond donors (Lipinski definition) is 6. The number of likely N-dealkylation sites (N-methyl/N-ethyl adjacent to an activating group) is 1. The van der Waals surface area contributed by atoms with Crippen LogP contribution in [0.15, 0.2) is 28.3 Å². The van der Waals surface area contributed by atoms with Crippen LogP contribution in [-0.2, 0) is 75.8 Å². The predicted octanol–water partition coefficient (Wildman–Crippen LogP) is 4.59. The lowest BCUT2D eigenvalue weighted by Gasteiger charge is -2.49. The highest BCUT2D eigenvalue weighted by atomic mass is 16.7. The fraction of sp³-hybridized carbons (Fsp3) is 0.780. The molecule has 1 aromatic carbocycles. The zero-order valence-electron chi connectivity index (χ0n) is 51.0.